The van der Waals surface area contributed by atoms with Crippen molar-refractivity contribution in [2.24, 2.45) is 10.7 Å². The number of nitrogens with zero attached hydrogens (tertiary/aromatic N) is 3. The Morgan fingerprint density at radius 3 is 2.47 bits per heavy atom. The number of hydrogen-bond donors (Lipinski definition) is 2. The summed E-state index contributed by atoms with van der Waals surface area (Å²) in [6, 6.07) is 16.7. The van der Waals surface area contributed by atoms with Crippen molar-refractivity contribution in [2.45, 2.75) is 19.5 Å². The van der Waals surface area contributed by atoms with Crippen LogP contribution in [0.5, 0.6) is 0 Å². The first-order valence-corrected chi connectivity index (χ1v) is 9.20. The van der Waals surface area contributed by atoms with E-state index >= 15 is 0 Å². The Kier molecular flexibility index (Phi) is 6.13. The summed E-state index contributed by atoms with van der Waals surface area (Å²) in [5, 5.41) is 11.9. The van der Waals surface area contributed by atoms with Gasteiger partial charge in [-0.2, -0.15) is 5.26 Å². The molecule has 0 spiro atoms. The monoisotopic (exact) mass is 403 g/mol. The summed E-state index contributed by atoms with van der Waals surface area (Å²) < 4.78 is 4.93. The standard InChI is InChI=1S/C22H21N5O3/c1-14-18(20(28)30-2)19(17-10-8-15(12-23)9-11-17)27(21(24)26-14)22(29)25-13-16-6-4-3-5-7-16/h3-11,19H,13H2,1-2H3,(H2,24,26)(H,25,29). The lowest BCUT2D eigenvalue weighted by atomic mass is 9.94. The zero-order chi connectivity index (χ0) is 21.7. The van der Waals surface area contributed by atoms with Crippen LogP contribution in [0.2, 0.25) is 0 Å². The van der Waals surface area contributed by atoms with Gasteiger partial charge in [-0.25, -0.2) is 14.6 Å². The number of rotatable bonds is 4. The third-order valence-electron chi connectivity index (χ3n) is 4.72. The molecule has 2 aromatic rings. The Bertz CT molecular complexity index is 1050. The lowest BCUT2D eigenvalue weighted by Crippen LogP contribution is -2.51. The SMILES string of the molecule is COC(=O)C1=C(C)N=C(N)N(C(=O)NCc2ccccc2)C1c1ccc(C#N)cc1. The van der Waals surface area contributed by atoms with Gasteiger partial charge in [0, 0.05) is 6.54 Å². The molecule has 1 atom stereocenters. The fourth-order valence-electron chi connectivity index (χ4n) is 3.25. The molecular formula is C22H21N5O3. The van der Waals surface area contributed by atoms with Crippen LogP contribution in [0.3, 0.4) is 0 Å². The number of urea groups is 1. The van der Waals surface area contributed by atoms with Crippen LogP contribution < -0.4 is 11.1 Å². The van der Waals surface area contributed by atoms with Gasteiger partial charge in [0.25, 0.3) is 0 Å². The molecular weight excluding hydrogens is 382 g/mol. The van der Waals surface area contributed by atoms with Crippen molar-refractivity contribution in [1.29, 1.82) is 5.26 Å². The number of carbonyl (C=O) groups excluding carboxylic acids is 2. The Morgan fingerprint density at radius 1 is 1.20 bits per heavy atom. The summed E-state index contributed by atoms with van der Waals surface area (Å²) in [5.41, 5.74) is 8.63. The summed E-state index contributed by atoms with van der Waals surface area (Å²) in [6.07, 6.45) is 0. The van der Waals surface area contributed by atoms with Crippen LogP contribution in [-0.2, 0) is 16.1 Å². The molecule has 0 aromatic heterocycles. The van der Waals surface area contributed by atoms with E-state index in [1.807, 2.05) is 36.4 Å². The van der Waals surface area contributed by atoms with Crippen LogP contribution in [0, 0.1) is 11.3 Å². The lowest BCUT2D eigenvalue weighted by molar-refractivity contribution is -0.136. The van der Waals surface area contributed by atoms with E-state index in [1.54, 1.807) is 31.2 Å². The second-order valence-electron chi connectivity index (χ2n) is 6.61. The average molecular weight is 403 g/mol. The molecule has 3 rings (SSSR count). The fraction of sp³-hybridized carbons (Fsp3) is 0.182. The van der Waals surface area contributed by atoms with E-state index in [1.165, 1.54) is 12.0 Å². The number of hydrogen-bond acceptors (Lipinski definition) is 6. The van der Waals surface area contributed by atoms with Gasteiger partial charge in [-0.05, 0) is 30.2 Å². The first-order valence-electron chi connectivity index (χ1n) is 9.20. The first kappa shape index (κ1) is 20.6. The molecule has 3 N–H and O–H groups in total. The summed E-state index contributed by atoms with van der Waals surface area (Å²) in [7, 11) is 1.26. The number of carbonyl (C=O) groups is 2. The van der Waals surface area contributed by atoms with Crippen molar-refractivity contribution < 1.29 is 14.3 Å². The van der Waals surface area contributed by atoms with Crippen molar-refractivity contribution in [3.63, 3.8) is 0 Å². The highest BCUT2D eigenvalue weighted by atomic mass is 16.5. The molecule has 0 saturated heterocycles. The molecule has 1 aliphatic rings. The number of nitrogens with two attached hydrogens (primary N) is 1. The van der Waals surface area contributed by atoms with Gasteiger partial charge in [0.1, 0.15) is 6.04 Å². The number of esters is 1. The summed E-state index contributed by atoms with van der Waals surface area (Å²) in [5.74, 6) is -0.654. The van der Waals surface area contributed by atoms with Gasteiger partial charge in [-0.1, -0.05) is 42.5 Å². The Morgan fingerprint density at radius 2 is 1.87 bits per heavy atom. The smallest absolute Gasteiger partial charge is 0.338 e. The largest absolute Gasteiger partial charge is 0.466 e. The van der Waals surface area contributed by atoms with Gasteiger partial charge < -0.3 is 15.8 Å². The molecule has 1 heterocycles. The van der Waals surface area contributed by atoms with E-state index in [0.717, 1.165) is 5.56 Å². The van der Waals surface area contributed by atoms with Crippen LogP contribution in [0.4, 0.5) is 4.79 Å². The summed E-state index contributed by atoms with van der Waals surface area (Å²) >= 11 is 0. The molecule has 0 radical (unpaired) electrons. The van der Waals surface area contributed by atoms with Gasteiger partial charge in [-0.15, -0.1) is 0 Å². The number of allylic oxidation sites excluding steroid dienone is 1. The molecule has 1 unspecified atom stereocenters. The predicted octanol–water partition coefficient (Wildman–Crippen LogP) is 2.59. The maximum absolute atomic E-state index is 13.1. The van der Waals surface area contributed by atoms with E-state index in [0.29, 0.717) is 16.8 Å². The van der Waals surface area contributed by atoms with E-state index in [9.17, 15) is 9.59 Å². The highest BCUT2D eigenvalue weighted by molar-refractivity contribution is 6.02. The summed E-state index contributed by atoms with van der Waals surface area (Å²) in [6.45, 7) is 1.91. The second-order valence-corrected chi connectivity index (χ2v) is 6.61. The predicted molar refractivity (Wildman–Crippen MR) is 111 cm³/mol. The van der Waals surface area contributed by atoms with E-state index in [-0.39, 0.29) is 18.1 Å². The molecule has 0 aliphatic carbocycles. The number of aliphatic imine (C=N–C) groups is 1. The maximum Gasteiger partial charge on any atom is 0.338 e. The van der Waals surface area contributed by atoms with Crippen molar-refractivity contribution in [3.05, 3.63) is 82.6 Å². The number of nitrogens with one attached hydrogen (secondary N) is 1. The fourth-order valence-corrected chi connectivity index (χ4v) is 3.25. The zero-order valence-corrected chi connectivity index (χ0v) is 16.6. The molecule has 152 valence electrons. The molecule has 0 bridgehead atoms. The van der Waals surface area contributed by atoms with Crippen molar-refractivity contribution >= 4 is 18.0 Å². The number of ether oxygens (including phenoxy) is 1. The topological polar surface area (TPSA) is 121 Å². The third kappa shape index (κ3) is 4.15. The molecule has 30 heavy (non-hydrogen) atoms. The Hall–Kier alpha value is -4.12. The Balaban J connectivity index is 1.99. The van der Waals surface area contributed by atoms with Crippen molar-refractivity contribution in [2.75, 3.05) is 7.11 Å². The van der Waals surface area contributed by atoms with E-state index in [4.69, 9.17) is 15.7 Å². The number of nitriles is 1. The van der Waals surface area contributed by atoms with Crippen LogP contribution >= 0.6 is 0 Å². The van der Waals surface area contributed by atoms with Crippen LogP contribution in [-0.4, -0.2) is 30.0 Å². The third-order valence-corrected chi connectivity index (χ3v) is 4.72. The molecule has 1 aliphatic heterocycles. The molecule has 2 aromatic carbocycles. The molecule has 0 fully saturated rings. The zero-order valence-electron chi connectivity index (χ0n) is 16.6. The van der Waals surface area contributed by atoms with Crippen LogP contribution in [0.25, 0.3) is 0 Å². The number of guanidine groups is 1. The van der Waals surface area contributed by atoms with E-state index < -0.39 is 18.0 Å². The lowest BCUT2D eigenvalue weighted by Gasteiger charge is -2.35. The second kappa shape index (κ2) is 8.92. The molecule has 0 saturated carbocycles. The van der Waals surface area contributed by atoms with Gasteiger partial charge in [-0.3, -0.25) is 4.90 Å². The van der Waals surface area contributed by atoms with E-state index in [2.05, 4.69) is 10.3 Å². The number of methoxy groups -OCH3 is 1. The highest BCUT2D eigenvalue weighted by Crippen LogP contribution is 2.35. The molecule has 8 nitrogen and oxygen atoms in total. The Labute approximate surface area is 174 Å². The maximum atomic E-state index is 13.1. The number of benzene rings is 2. The minimum absolute atomic E-state index is 0.0416. The van der Waals surface area contributed by atoms with Gasteiger partial charge in [0.05, 0.1) is 30.0 Å². The van der Waals surface area contributed by atoms with Crippen molar-refractivity contribution in [3.8, 4) is 6.07 Å². The van der Waals surface area contributed by atoms with Gasteiger partial charge in [0.15, 0.2) is 0 Å². The van der Waals surface area contributed by atoms with Crippen molar-refractivity contribution in [1.82, 2.24) is 10.2 Å². The van der Waals surface area contributed by atoms with Crippen LogP contribution in [0.1, 0.15) is 29.7 Å². The number of amides is 2. The highest BCUT2D eigenvalue weighted by Gasteiger charge is 2.39. The molecule has 2 amide bonds. The minimum Gasteiger partial charge on any atom is -0.466 e. The quantitative estimate of drug-likeness (QED) is 0.760. The molecule has 8 heteroatoms. The average Bonchev–Trinajstić information content (AvgIpc) is 2.77. The minimum atomic E-state index is -0.849. The van der Waals surface area contributed by atoms with Gasteiger partial charge >= 0.3 is 12.0 Å². The van der Waals surface area contributed by atoms with Gasteiger partial charge in [0.2, 0.25) is 5.96 Å². The first-order chi connectivity index (χ1) is 14.5. The van der Waals surface area contributed by atoms with Crippen LogP contribution in [0.15, 0.2) is 70.9 Å². The summed E-state index contributed by atoms with van der Waals surface area (Å²) in [4.78, 5) is 31.0. The normalized spacial score (nSPS) is 15.8.